The Morgan fingerprint density at radius 2 is 2.15 bits per heavy atom. The highest BCUT2D eigenvalue weighted by molar-refractivity contribution is 7.13. The standard InChI is InChI=1S/C14H12N2O3S/c15-9-10-11(16-3-5-18-6-4-16)8-12(19-14(10)17)13-2-1-7-20-13/h1-2,7-8H,3-6H2. The van der Waals surface area contributed by atoms with Crippen LogP contribution in [-0.2, 0) is 4.74 Å². The molecular weight excluding hydrogens is 276 g/mol. The summed E-state index contributed by atoms with van der Waals surface area (Å²) in [6.07, 6.45) is 0. The maximum atomic E-state index is 12.0. The second kappa shape index (κ2) is 5.49. The van der Waals surface area contributed by atoms with Gasteiger partial charge in [-0.1, -0.05) is 6.07 Å². The number of nitrogens with zero attached hydrogens (tertiary/aromatic N) is 2. The van der Waals surface area contributed by atoms with E-state index in [2.05, 4.69) is 0 Å². The summed E-state index contributed by atoms with van der Waals surface area (Å²) in [6, 6.07) is 7.51. The van der Waals surface area contributed by atoms with Crippen molar-refractivity contribution in [3.05, 3.63) is 39.6 Å². The van der Waals surface area contributed by atoms with Crippen molar-refractivity contribution in [1.29, 1.82) is 5.26 Å². The van der Waals surface area contributed by atoms with Gasteiger partial charge in [-0.2, -0.15) is 5.26 Å². The Bertz CT molecular complexity index is 694. The van der Waals surface area contributed by atoms with Crippen molar-refractivity contribution in [3.63, 3.8) is 0 Å². The zero-order chi connectivity index (χ0) is 13.9. The van der Waals surface area contributed by atoms with Gasteiger partial charge in [0.1, 0.15) is 6.07 Å². The Kier molecular flexibility index (Phi) is 3.54. The van der Waals surface area contributed by atoms with Crippen LogP contribution in [0.5, 0.6) is 0 Å². The molecule has 0 aliphatic carbocycles. The summed E-state index contributed by atoms with van der Waals surface area (Å²) in [4.78, 5) is 14.9. The summed E-state index contributed by atoms with van der Waals surface area (Å²) >= 11 is 1.49. The molecule has 0 N–H and O–H groups in total. The van der Waals surface area contributed by atoms with E-state index in [9.17, 15) is 10.1 Å². The maximum absolute atomic E-state index is 12.0. The Morgan fingerprint density at radius 3 is 2.80 bits per heavy atom. The number of nitriles is 1. The highest BCUT2D eigenvalue weighted by Crippen LogP contribution is 2.29. The molecule has 0 aromatic carbocycles. The molecule has 0 spiro atoms. The van der Waals surface area contributed by atoms with Gasteiger partial charge < -0.3 is 14.1 Å². The molecule has 1 aliphatic heterocycles. The zero-order valence-corrected chi connectivity index (χ0v) is 11.5. The minimum absolute atomic E-state index is 0.0622. The van der Waals surface area contributed by atoms with Gasteiger partial charge in [0, 0.05) is 19.2 Å². The molecule has 2 aromatic heterocycles. The lowest BCUT2D eigenvalue weighted by molar-refractivity contribution is 0.122. The molecule has 1 aliphatic rings. The summed E-state index contributed by atoms with van der Waals surface area (Å²) in [5.74, 6) is 0.505. The number of hydrogen-bond acceptors (Lipinski definition) is 6. The first-order valence-electron chi connectivity index (χ1n) is 6.24. The van der Waals surface area contributed by atoms with E-state index in [0.29, 0.717) is 37.8 Å². The van der Waals surface area contributed by atoms with Gasteiger partial charge in [0.05, 0.1) is 23.8 Å². The van der Waals surface area contributed by atoms with E-state index in [1.807, 2.05) is 28.5 Å². The van der Waals surface area contributed by atoms with Crippen LogP contribution in [-0.4, -0.2) is 26.3 Å². The second-order valence-corrected chi connectivity index (χ2v) is 5.29. The number of anilines is 1. The van der Waals surface area contributed by atoms with Gasteiger partial charge in [-0.15, -0.1) is 11.3 Å². The molecular formula is C14H12N2O3S. The number of morpholine rings is 1. The lowest BCUT2D eigenvalue weighted by Crippen LogP contribution is -2.37. The highest BCUT2D eigenvalue weighted by atomic mass is 32.1. The molecule has 0 bridgehead atoms. The van der Waals surface area contributed by atoms with E-state index in [1.54, 1.807) is 6.07 Å². The topological polar surface area (TPSA) is 66.5 Å². The summed E-state index contributed by atoms with van der Waals surface area (Å²) in [5, 5.41) is 11.1. The Hall–Kier alpha value is -2.10. The molecule has 1 saturated heterocycles. The van der Waals surface area contributed by atoms with Crippen LogP contribution in [0.4, 0.5) is 5.69 Å². The molecule has 0 atom stereocenters. The van der Waals surface area contributed by atoms with E-state index in [4.69, 9.17) is 9.15 Å². The third kappa shape index (κ3) is 2.33. The third-order valence-corrected chi connectivity index (χ3v) is 4.04. The number of rotatable bonds is 2. The van der Waals surface area contributed by atoms with Crippen molar-refractivity contribution >= 4 is 17.0 Å². The molecule has 102 valence electrons. The van der Waals surface area contributed by atoms with E-state index in [-0.39, 0.29) is 5.56 Å². The average Bonchev–Trinajstić information content (AvgIpc) is 3.01. The number of thiophene rings is 1. The monoisotopic (exact) mass is 288 g/mol. The van der Waals surface area contributed by atoms with Crippen molar-refractivity contribution in [2.45, 2.75) is 0 Å². The molecule has 6 heteroatoms. The lowest BCUT2D eigenvalue weighted by Gasteiger charge is -2.29. The smallest absolute Gasteiger partial charge is 0.356 e. The van der Waals surface area contributed by atoms with E-state index >= 15 is 0 Å². The van der Waals surface area contributed by atoms with Crippen LogP contribution < -0.4 is 10.5 Å². The molecule has 0 amide bonds. The predicted octanol–water partition coefficient (Wildman–Crippen LogP) is 2.08. The van der Waals surface area contributed by atoms with Crippen molar-refractivity contribution < 1.29 is 9.15 Å². The number of ether oxygens (including phenoxy) is 1. The molecule has 1 fully saturated rings. The summed E-state index contributed by atoms with van der Waals surface area (Å²) in [7, 11) is 0. The first-order chi connectivity index (χ1) is 9.79. The van der Waals surface area contributed by atoms with Crippen molar-refractivity contribution in [2.24, 2.45) is 0 Å². The van der Waals surface area contributed by atoms with Gasteiger partial charge in [-0.3, -0.25) is 0 Å². The molecule has 0 unspecified atom stereocenters. The average molecular weight is 288 g/mol. The molecule has 0 saturated carbocycles. The Labute approximate surface area is 119 Å². The summed E-state index contributed by atoms with van der Waals surface area (Å²) in [6.45, 7) is 2.53. The molecule has 0 radical (unpaired) electrons. The third-order valence-electron chi connectivity index (χ3n) is 3.16. The van der Waals surface area contributed by atoms with E-state index < -0.39 is 5.63 Å². The van der Waals surface area contributed by atoms with Crippen LogP contribution in [0.1, 0.15) is 5.56 Å². The zero-order valence-electron chi connectivity index (χ0n) is 10.7. The van der Waals surface area contributed by atoms with Crippen molar-refractivity contribution in [1.82, 2.24) is 0 Å². The van der Waals surface area contributed by atoms with Gasteiger partial charge in [0.25, 0.3) is 0 Å². The highest BCUT2D eigenvalue weighted by Gasteiger charge is 2.20. The molecule has 5 nitrogen and oxygen atoms in total. The fourth-order valence-electron chi connectivity index (χ4n) is 2.18. The van der Waals surface area contributed by atoms with Crippen LogP contribution >= 0.6 is 11.3 Å². The molecule has 2 aromatic rings. The van der Waals surface area contributed by atoms with Gasteiger partial charge in [-0.25, -0.2) is 4.79 Å². The summed E-state index contributed by atoms with van der Waals surface area (Å²) < 4.78 is 10.6. The molecule has 3 heterocycles. The Morgan fingerprint density at radius 1 is 1.35 bits per heavy atom. The molecule has 3 rings (SSSR count). The van der Waals surface area contributed by atoms with E-state index in [0.717, 1.165) is 4.88 Å². The van der Waals surface area contributed by atoms with Gasteiger partial charge in [-0.05, 0) is 11.4 Å². The number of hydrogen-bond donors (Lipinski definition) is 0. The van der Waals surface area contributed by atoms with Crippen LogP contribution in [0.15, 0.2) is 32.8 Å². The van der Waals surface area contributed by atoms with E-state index in [1.165, 1.54) is 11.3 Å². The largest absolute Gasteiger partial charge is 0.421 e. The van der Waals surface area contributed by atoms with Crippen LogP contribution in [0.2, 0.25) is 0 Å². The van der Waals surface area contributed by atoms with Gasteiger partial charge in [0.15, 0.2) is 11.3 Å². The molecule has 20 heavy (non-hydrogen) atoms. The maximum Gasteiger partial charge on any atom is 0.356 e. The van der Waals surface area contributed by atoms with Gasteiger partial charge in [0.2, 0.25) is 0 Å². The fraction of sp³-hybridized carbons (Fsp3) is 0.286. The van der Waals surface area contributed by atoms with Crippen molar-refractivity contribution in [2.75, 3.05) is 31.2 Å². The van der Waals surface area contributed by atoms with Gasteiger partial charge >= 0.3 is 5.63 Å². The first kappa shape index (κ1) is 12.9. The van der Waals surface area contributed by atoms with Crippen molar-refractivity contribution in [3.8, 4) is 16.7 Å². The Balaban J connectivity index is 2.11. The lowest BCUT2D eigenvalue weighted by atomic mass is 10.2. The quantitative estimate of drug-likeness (QED) is 0.846. The predicted molar refractivity (Wildman–Crippen MR) is 76.0 cm³/mol. The SMILES string of the molecule is N#Cc1c(N2CCOCC2)cc(-c2cccs2)oc1=O. The minimum Gasteiger partial charge on any atom is -0.421 e. The fourth-order valence-corrected chi connectivity index (χ4v) is 2.86. The van der Waals surface area contributed by atoms with Crippen LogP contribution in [0.25, 0.3) is 10.6 Å². The van der Waals surface area contributed by atoms with Crippen LogP contribution in [0.3, 0.4) is 0 Å². The second-order valence-electron chi connectivity index (χ2n) is 4.35. The van der Waals surface area contributed by atoms with Crippen LogP contribution in [0, 0.1) is 11.3 Å². The first-order valence-corrected chi connectivity index (χ1v) is 7.12. The normalized spacial score (nSPS) is 15.1. The summed E-state index contributed by atoms with van der Waals surface area (Å²) in [5.41, 5.74) is 0.113. The minimum atomic E-state index is -0.583.